The van der Waals surface area contributed by atoms with E-state index >= 15 is 0 Å². The highest BCUT2D eigenvalue weighted by atomic mass is 35.5. The molecule has 1 heterocycles. The minimum atomic E-state index is 0.721. The molecule has 0 unspecified atom stereocenters. The van der Waals surface area contributed by atoms with Crippen LogP contribution >= 0.6 is 11.6 Å². The molecule has 1 aliphatic heterocycles. The highest BCUT2D eigenvalue weighted by Crippen LogP contribution is 2.31. The van der Waals surface area contributed by atoms with Gasteiger partial charge in [-0.1, -0.05) is 24.6 Å². The normalized spacial score (nSPS) is 16.1. The molecular formula is C17H26ClNO2. The standard InChI is InChI=1S/C17H26ClNO2/c1-3-9-21-17-15(12-14(2)13-16(17)18)5-4-6-19-7-10-20-11-8-19/h12-13H,3-11H2,1-2H3. The third-order valence-electron chi connectivity index (χ3n) is 3.74. The zero-order valence-electron chi connectivity index (χ0n) is 13.2. The molecule has 0 radical (unpaired) electrons. The molecule has 0 amide bonds. The Bertz CT molecular complexity index is 445. The van der Waals surface area contributed by atoms with E-state index < -0.39 is 0 Å². The molecule has 0 atom stereocenters. The molecule has 0 bridgehead atoms. The van der Waals surface area contributed by atoms with Crippen molar-refractivity contribution in [2.75, 3.05) is 39.5 Å². The molecule has 4 heteroatoms. The maximum atomic E-state index is 6.35. The Balaban J connectivity index is 1.93. The lowest BCUT2D eigenvalue weighted by molar-refractivity contribution is 0.0374. The first-order chi connectivity index (χ1) is 10.2. The van der Waals surface area contributed by atoms with Gasteiger partial charge in [0.05, 0.1) is 24.8 Å². The Hall–Kier alpha value is -0.770. The molecule has 0 N–H and O–H groups in total. The Morgan fingerprint density at radius 3 is 2.76 bits per heavy atom. The van der Waals surface area contributed by atoms with Crippen LogP contribution in [0.1, 0.15) is 30.9 Å². The molecular weight excluding hydrogens is 286 g/mol. The number of ether oxygens (including phenoxy) is 2. The van der Waals surface area contributed by atoms with Gasteiger partial charge in [-0.3, -0.25) is 4.90 Å². The molecule has 0 aromatic heterocycles. The summed E-state index contributed by atoms with van der Waals surface area (Å²) in [5.41, 5.74) is 2.44. The van der Waals surface area contributed by atoms with Crippen LogP contribution in [0.15, 0.2) is 12.1 Å². The van der Waals surface area contributed by atoms with E-state index in [2.05, 4.69) is 24.8 Å². The molecule has 0 aliphatic carbocycles. The number of hydrogen-bond acceptors (Lipinski definition) is 3. The Kier molecular flexibility index (Phi) is 6.81. The molecule has 3 nitrogen and oxygen atoms in total. The van der Waals surface area contributed by atoms with Crippen LogP contribution in [0.25, 0.3) is 0 Å². The van der Waals surface area contributed by atoms with Gasteiger partial charge in [0.25, 0.3) is 0 Å². The van der Waals surface area contributed by atoms with E-state index in [1.165, 1.54) is 11.1 Å². The molecule has 21 heavy (non-hydrogen) atoms. The van der Waals surface area contributed by atoms with Crippen LogP contribution in [0.3, 0.4) is 0 Å². The summed E-state index contributed by atoms with van der Waals surface area (Å²) in [7, 11) is 0. The fourth-order valence-electron chi connectivity index (χ4n) is 2.67. The summed E-state index contributed by atoms with van der Waals surface area (Å²) >= 11 is 6.35. The number of rotatable bonds is 7. The first-order valence-electron chi connectivity index (χ1n) is 7.92. The zero-order valence-corrected chi connectivity index (χ0v) is 13.9. The maximum Gasteiger partial charge on any atom is 0.141 e. The summed E-state index contributed by atoms with van der Waals surface area (Å²) in [5, 5.41) is 0.741. The van der Waals surface area contributed by atoms with Gasteiger partial charge in [0.1, 0.15) is 5.75 Å². The molecule has 1 fully saturated rings. The van der Waals surface area contributed by atoms with Crippen LogP contribution in [-0.4, -0.2) is 44.4 Å². The lowest BCUT2D eigenvalue weighted by Crippen LogP contribution is -2.36. The first kappa shape index (κ1) is 16.6. The second-order valence-electron chi connectivity index (χ2n) is 5.64. The minimum Gasteiger partial charge on any atom is -0.492 e. The zero-order chi connectivity index (χ0) is 15.1. The van der Waals surface area contributed by atoms with Crippen molar-refractivity contribution in [3.8, 4) is 5.75 Å². The average Bonchev–Trinajstić information content (AvgIpc) is 2.47. The molecule has 0 saturated carbocycles. The largest absolute Gasteiger partial charge is 0.492 e. The smallest absolute Gasteiger partial charge is 0.141 e. The van der Waals surface area contributed by atoms with Gasteiger partial charge in [0.15, 0.2) is 0 Å². The van der Waals surface area contributed by atoms with Crippen LogP contribution in [0, 0.1) is 6.92 Å². The topological polar surface area (TPSA) is 21.7 Å². The predicted molar refractivity (Wildman–Crippen MR) is 87.6 cm³/mol. The lowest BCUT2D eigenvalue weighted by Gasteiger charge is -2.26. The van der Waals surface area contributed by atoms with Gasteiger partial charge >= 0.3 is 0 Å². The van der Waals surface area contributed by atoms with E-state index in [0.717, 1.165) is 69.5 Å². The maximum absolute atomic E-state index is 6.35. The molecule has 1 aromatic rings. The van der Waals surface area contributed by atoms with Crippen molar-refractivity contribution in [3.05, 3.63) is 28.3 Å². The van der Waals surface area contributed by atoms with Gasteiger partial charge in [0.2, 0.25) is 0 Å². The number of halogens is 1. The van der Waals surface area contributed by atoms with Gasteiger partial charge in [-0.25, -0.2) is 0 Å². The molecule has 1 aliphatic rings. The van der Waals surface area contributed by atoms with Crippen LogP contribution < -0.4 is 4.74 Å². The summed E-state index contributed by atoms with van der Waals surface area (Å²) in [6, 6.07) is 4.19. The highest BCUT2D eigenvalue weighted by Gasteiger charge is 2.12. The molecule has 1 aromatic carbocycles. The van der Waals surface area contributed by atoms with Gasteiger partial charge in [-0.15, -0.1) is 0 Å². The van der Waals surface area contributed by atoms with Crippen molar-refractivity contribution in [3.63, 3.8) is 0 Å². The van der Waals surface area contributed by atoms with Gasteiger partial charge in [-0.05, 0) is 49.9 Å². The number of benzene rings is 1. The summed E-state index contributed by atoms with van der Waals surface area (Å²) in [4.78, 5) is 2.47. The van der Waals surface area contributed by atoms with Crippen molar-refractivity contribution in [1.82, 2.24) is 4.90 Å². The van der Waals surface area contributed by atoms with Gasteiger partial charge in [0, 0.05) is 13.1 Å². The third kappa shape index (κ3) is 5.17. The van der Waals surface area contributed by atoms with Crippen LogP contribution in [0.2, 0.25) is 5.02 Å². The van der Waals surface area contributed by atoms with Crippen molar-refractivity contribution in [2.24, 2.45) is 0 Å². The van der Waals surface area contributed by atoms with E-state index in [4.69, 9.17) is 21.1 Å². The minimum absolute atomic E-state index is 0.721. The Morgan fingerprint density at radius 2 is 2.05 bits per heavy atom. The van der Waals surface area contributed by atoms with E-state index in [-0.39, 0.29) is 0 Å². The van der Waals surface area contributed by atoms with Crippen molar-refractivity contribution in [2.45, 2.75) is 33.1 Å². The van der Waals surface area contributed by atoms with Crippen LogP contribution in [0.5, 0.6) is 5.75 Å². The Morgan fingerprint density at radius 1 is 1.29 bits per heavy atom. The Labute approximate surface area is 133 Å². The van der Waals surface area contributed by atoms with Gasteiger partial charge in [-0.2, -0.15) is 0 Å². The second kappa shape index (κ2) is 8.62. The quantitative estimate of drug-likeness (QED) is 0.766. The summed E-state index contributed by atoms with van der Waals surface area (Å²) in [6.45, 7) is 9.85. The summed E-state index contributed by atoms with van der Waals surface area (Å²) in [6.07, 6.45) is 3.14. The number of nitrogens with zero attached hydrogens (tertiary/aromatic N) is 1. The molecule has 118 valence electrons. The van der Waals surface area contributed by atoms with Crippen molar-refractivity contribution >= 4 is 11.6 Å². The fraction of sp³-hybridized carbons (Fsp3) is 0.647. The van der Waals surface area contributed by atoms with Crippen molar-refractivity contribution < 1.29 is 9.47 Å². The van der Waals surface area contributed by atoms with Crippen molar-refractivity contribution in [1.29, 1.82) is 0 Å². The molecule has 2 rings (SSSR count). The fourth-order valence-corrected chi connectivity index (χ4v) is 3.02. The monoisotopic (exact) mass is 311 g/mol. The van der Waals surface area contributed by atoms with E-state index in [0.29, 0.717) is 0 Å². The first-order valence-corrected chi connectivity index (χ1v) is 8.30. The molecule has 0 spiro atoms. The van der Waals surface area contributed by atoms with Crippen LogP contribution in [-0.2, 0) is 11.2 Å². The lowest BCUT2D eigenvalue weighted by atomic mass is 10.1. The average molecular weight is 312 g/mol. The predicted octanol–water partition coefficient (Wildman–Crippen LogP) is 3.70. The van der Waals surface area contributed by atoms with Gasteiger partial charge < -0.3 is 9.47 Å². The third-order valence-corrected chi connectivity index (χ3v) is 4.02. The number of morpholine rings is 1. The second-order valence-corrected chi connectivity index (χ2v) is 6.05. The number of aryl methyl sites for hydroxylation is 2. The summed E-state index contributed by atoms with van der Waals surface area (Å²) in [5.74, 6) is 0.881. The molecule has 1 saturated heterocycles. The van der Waals surface area contributed by atoms with Crippen LogP contribution in [0.4, 0.5) is 0 Å². The number of hydrogen-bond donors (Lipinski definition) is 0. The highest BCUT2D eigenvalue weighted by molar-refractivity contribution is 6.32. The SMILES string of the molecule is CCCOc1c(Cl)cc(C)cc1CCCN1CCOCC1. The van der Waals surface area contributed by atoms with E-state index in [1.54, 1.807) is 0 Å². The van der Waals surface area contributed by atoms with E-state index in [1.807, 2.05) is 6.07 Å². The summed E-state index contributed by atoms with van der Waals surface area (Å²) < 4.78 is 11.2. The van der Waals surface area contributed by atoms with E-state index in [9.17, 15) is 0 Å².